The van der Waals surface area contributed by atoms with Gasteiger partial charge in [0.05, 0.1) is 11.6 Å². The number of carbonyl (C=O) groups excluding carboxylic acids is 1. The third-order valence-corrected chi connectivity index (χ3v) is 5.21. The number of benzene rings is 1. The molecule has 3 N–H and O–H groups in total. The van der Waals surface area contributed by atoms with Crippen molar-refractivity contribution in [3.05, 3.63) is 23.8 Å². The lowest BCUT2D eigenvalue weighted by molar-refractivity contribution is -0.119. The summed E-state index contributed by atoms with van der Waals surface area (Å²) in [7, 11) is -4.20. The van der Waals surface area contributed by atoms with Crippen molar-refractivity contribution in [2.24, 2.45) is 5.92 Å². The lowest BCUT2D eigenvalue weighted by atomic mass is 10.1. The summed E-state index contributed by atoms with van der Waals surface area (Å²) in [6.45, 7) is 5.94. The number of halogens is 2. The predicted octanol–water partition coefficient (Wildman–Crippen LogP) is 1.59. The second kappa shape index (κ2) is 6.73. The van der Waals surface area contributed by atoms with Gasteiger partial charge in [-0.15, -0.1) is 0 Å². The molecule has 6 nitrogen and oxygen atoms in total. The van der Waals surface area contributed by atoms with Crippen LogP contribution in [0.2, 0.25) is 0 Å². The van der Waals surface area contributed by atoms with Crippen molar-refractivity contribution in [1.82, 2.24) is 10.0 Å². The molecule has 1 fully saturated rings. The zero-order valence-corrected chi connectivity index (χ0v) is 14.6. The fourth-order valence-electron chi connectivity index (χ4n) is 2.40. The van der Waals surface area contributed by atoms with Gasteiger partial charge in [-0.3, -0.25) is 4.79 Å². The lowest BCUT2D eigenvalue weighted by Crippen LogP contribution is -2.40. The van der Waals surface area contributed by atoms with Crippen LogP contribution < -0.4 is 15.4 Å². The highest BCUT2D eigenvalue weighted by Gasteiger charge is 2.28. The highest BCUT2D eigenvalue weighted by atomic mass is 32.2. The normalized spacial score (nSPS) is 18.6. The summed E-state index contributed by atoms with van der Waals surface area (Å²) in [4.78, 5) is 11.4. The molecule has 1 aliphatic heterocycles. The topological polar surface area (TPSA) is 87.3 Å². The van der Waals surface area contributed by atoms with Crippen LogP contribution in [0.25, 0.3) is 0 Å². The molecule has 0 spiro atoms. The standard InChI is InChI=1S/C15H21F2N3O3S/c1-15(2,3)20-24(22,23)13-7-12(10(16)6-11(13)17)19-14(21)9-4-5-18-8-9/h6-7,9,18,20H,4-5,8H2,1-3H3,(H,19,21). The van der Waals surface area contributed by atoms with Crippen molar-refractivity contribution in [2.75, 3.05) is 18.4 Å². The Bertz CT molecular complexity index is 739. The molecule has 1 aromatic rings. The highest BCUT2D eigenvalue weighted by Crippen LogP contribution is 2.25. The average molecular weight is 361 g/mol. The second-order valence-electron chi connectivity index (χ2n) is 6.80. The van der Waals surface area contributed by atoms with Gasteiger partial charge < -0.3 is 10.6 Å². The summed E-state index contributed by atoms with van der Waals surface area (Å²) in [5.74, 6) is -3.01. The highest BCUT2D eigenvalue weighted by molar-refractivity contribution is 7.89. The largest absolute Gasteiger partial charge is 0.323 e. The van der Waals surface area contributed by atoms with E-state index in [0.717, 1.165) is 6.07 Å². The number of amides is 1. The zero-order chi connectivity index (χ0) is 18.1. The molecule has 134 valence electrons. The Morgan fingerprint density at radius 2 is 1.92 bits per heavy atom. The minimum absolute atomic E-state index is 0.331. The first kappa shape index (κ1) is 18.8. The van der Waals surface area contributed by atoms with E-state index < -0.39 is 38.0 Å². The Kier molecular flexibility index (Phi) is 5.26. The van der Waals surface area contributed by atoms with Gasteiger partial charge in [-0.25, -0.2) is 21.9 Å². The molecule has 0 radical (unpaired) electrons. The van der Waals surface area contributed by atoms with Gasteiger partial charge in [-0.05, 0) is 39.8 Å². The first-order chi connectivity index (χ1) is 11.0. The summed E-state index contributed by atoms with van der Waals surface area (Å²) in [6.07, 6.45) is 0.603. The molecule has 1 amide bonds. The minimum Gasteiger partial charge on any atom is -0.323 e. The number of sulfonamides is 1. The number of carbonyl (C=O) groups is 1. The molecular formula is C15H21F2N3O3S. The molecule has 1 atom stereocenters. The van der Waals surface area contributed by atoms with E-state index >= 15 is 0 Å². The monoisotopic (exact) mass is 361 g/mol. The Labute approximate surface area is 140 Å². The van der Waals surface area contributed by atoms with Gasteiger partial charge in [-0.2, -0.15) is 0 Å². The fraction of sp³-hybridized carbons (Fsp3) is 0.533. The SMILES string of the molecule is CC(C)(C)NS(=O)(=O)c1cc(NC(=O)C2CCNC2)c(F)cc1F. The van der Waals surface area contributed by atoms with E-state index in [4.69, 9.17) is 0 Å². The van der Waals surface area contributed by atoms with Crippen LogP contribution in [0.5, 0.6) is 0 Å². The molecule has 24 heavy (non-hydrogen) atoms. The zero-order valence-electron chi connectivity index (χ0n) is 13.7. The van der Waals surface area contributed by atoms with Crippen molar-refractivity contribution >= 4 is 21.6 Å². The molecule has 1 unspecified atom stereocenters. The molecule has 2 rings (SSSR count). The van der Waals surface area contributed by atoms with Gasteiger partial charge in [0.25, 0.3) is 0 Å². The molecule has 1 heterocycles. The van der Waals surface area contributed by atoms with Crippen LogP contribution in [-0.2, 0) is 14.8 Å². The van der Waals surface area contributed by atoms with Crippen LogP contribution in [-0.4, -0.2) is 33.0 Å². The Balaban J connectivity index is 2.32. The maximum absolute atomic E-state index is 14.0. The van der Waals surface area contributed by atoms with E-state index in [-0.39, 0.29) is 11.6 Å². The van der Waals surface area contributed by atoms with Gasteiger partial charge in [-0.1, -0.05) is 0 Å². The first-order valence-electron chi connectivity index (χ1n) is 7.54. The third-order valence-electron chi connectivity index (χ3n) is 3.44. The van der Waals surface area contributed by atoms with E-state index in [2.05, 4.69) is 15.4 Å². The van der Waals surface area contributed by atoms with Crippen molar-refractivity contribution < 1.29 is 22.0 Å². The Hall–Kier alpha value is -1.58. The number of anilines is 1. The average Bonchev–Trinajstić information content (AvgIpc) is 2.92. The van der Waals surface area contributed by atoms with Crippen LogP contribution in [0, 0.1) is 17.6 Å². The van der Waals surface area contributed by atoms with E-state index in [1.165, 1.54) is 0 Å². The molecule has 0 saturated carbocycles. The van der Waals surface area contributed by atoms with Crippen LogP contribution in [0.4, 0.5) is 14.5 Å². The van der Waals surface area contributed by atoms with E-state index in [1.54, 1.807) is 20.8 Å². The van der Waals surface area contributed by atoms with E-state index in [9.17, 15) is 22.0 Å². The lowest BCUT2D eigenvalue weighted by Gasteiger charge is -2.21. The first-order valence-corrected chi connectivity index (χ1v) is 9.02. The van der Waals surface area contributed by atoms with E-state index in [1.807, 2.05) is 0 Å². The number of rotatable bonds is 4. The summed E-state index contributed by atoms with van der Waals surface area (Å²) < 4.78 is 54.7. The minimum atomic E-state index is -4.20. The Morgan fingerprint density at radius 3 is 2.46 bits per heavy atom. The summed E-state index contributed by atoms with van der Waals surface area (Å²) >= 11 is 0. The summed E-state index contributed by atoms with van der Waals surface area (Å²) in [6, 6.07) is 1.26. The Morgan fingerprint density at radius 1 is 1.25 bits per heavy atom. The van der Waals surface area contributed by atoms with Gasteiger partial charge in [0.1, 0.15) is 16.5 Å². The van der Waals surface area contributed by atoms with E-state index in [0.29, 0.717) is 25.6 Å². The quantitative estimate of drug-likeness (QED) is 0.760. The van der Waals surface area contributed by atoms with Crippen LogP contribution in [0.15, 0.2) is 17.0 Å². The molecule has 1 aromatic carbocycles. The number of nitrogens with one attached hydrogen (secondary N) is 3. The maximum Gasteiger partial charge on any atom is 0.244 e. The third kappa shape index (κ3) is 4.49. The van der Waals surface area contributed by atoms with Gasteiger partial charge >= 0.3 is 0 Å². The molecule has 0 aromatic heterocycles. The van der Waals surface area contributed by atoms with Gasteiger partial charge in [0, 0.05) is 18.2 Å². The number of hydrogen-bond acceptors (Lipinski definition) is 4. The van der Waals surface area contributed by atoms with Crippen LogP contribution in [0.3, 0.4) is 0 Å². The van der Waals surface area contributed by atoms with Crippen molar-refractivity contribution in [3.63, 3.8) is 0 Å². The number of hydrogen-bond donors (Lipinski definition) is 3. The molecule has 0 aliphatic carbocycles. The van der Waals surface area contributed by atoms with Crippen molar-refractivity contribution in [1.29, 1.82) is 0 Å². The second-order valence-corrected chi connectivity index (χ2v) is 8.45. The van der Waals surface area contributed by atoms with Gasteiger partial charge in [0.2, 0.25) is 15.9 Å². The molecule has 0 bridgehead atoms. The fourth-order valence-corrected chi connectivity index (χ4v) is 3.91. The van der Waals surface area contributed by atoms with Crippen LogP contribution >= 0.6 is 0 Å². The van der Waals surface area contributed by atoms with Gasteiger partial charge in [0.15, 0.2) is 0 Å². The van der Waals surface area contributed by atoms with Crippen molar-refractivity contribution in [3.8, 4) is 0 Å². The summed E-state index contributed by atoms with van der Waals surface area (Å²) in [5.41, 5.74) is -1.19. The molecule has 1 aliphatic rings. The molecule has 9 heteroatoms. The smallest absolute Gasteiger partial charge is 0.244 e. The van der Waals surface area contributed by atoms with Crippen LogP contribution in [0.1, 0.15) is 27.2 Å². The maximum atomic E-state index is 14.0. The molecule has 1 saturated heterocycles. The van der Waals surface area contributed by atoms with Crippen molar-refractivity contribution in [2.45, 2.75) is 37.6 Å². The summed E-state index contributed by atoms with van der Waals surface area (Å²) in [5, 5.41) is 5.35. The predicted molar refractivity (Wildman–Crippen MR) is 86.0 cm³/mol. The molecular weight excluding hydrogens is 340 g/mol.